The number of rotatable bonds is 9. The second-order valence-electron chi connectivity index (χ2n) is 4.39. The maximum Gasteiger partial charge on any atom is 0.303 e. The van der Waals surface area contributed by atoms with E-state index in [1.54, 1.807) is 0 Å². The van der Waals surface area contributed by atoms with Crippen molar-refractivity contribution in [2.24, 2.45) is 5.92 Å². The quantitative estimate of drug-likeness (QED) is 0.564. The van der Waals surface area contributed by atoms with Gasteiger partial charge in [-0.15, -0.1) is 0 Å². The van der Waals surface area contributed by atoms with Crippen LogP contribution in [0.25, 0.3) is 0 Å². The van der Waals surface area contributed by atoms with Crippen molar-refractivity contribution in [1.29, 1.82) is 0 Å². The molecule has 0 aliphatic carbocycles. The molecule has 0 rings (SSSR count). The van der Waals surface area contributed by atoms with Crippen LogP contribution in [0.1, 0.15) is 46.5 Å². The van der Waals surface area contributed by atoms with Crippen LogP contribution in [-0.4, -0.2) is 34.9 Å². The van der Waals surface area contributed by atoms with Crippen molar-refractivity contribution in [2.45, 2.75) is 58.6 Å². The van der Waals surface area contributed by atoms with Crippen molar-refractivity contribution >= 4 is 5.97 Å². The number of aliphatic carboxylic acids is 1. The normalized spacial score (nSPS) is 15.1. The number of nitrogens with one attached hydrogen (secondary N) is 1. The molecule has 96 valence electrons. The van der Waals surface area contributed by atoms with Crippen LogP contribution in [0.4, 0.5) is 0 Å². The molecule has 0 bridgehead atoms. The molecule has 0 fully saturated rings. The number of carboxylic acid groups (broad SMARTS) is 1. The van der Waals surface area contributed by atoms with E-state index in [2.05, 4.69) is 19.2 Å². The van der Waals surface area contributed by atoms with Crippen molar-refractivity contribution in [3.8, 4) is 0 Å². The maximum absolute atomic E-state index is 10.4. The molecule has 0 saturated carbocycles. The molecule has 0 aliphatic heterocycles. The second kappa shape index (κ2) is 8.53. The molecular formula is C12H25NO3. The summed E-state index contributed by atoms with van der Waals surface area (Å²) < 4.78 is 0. The first-order chi connectivity index (χ1) is 7.51. The molecule has 3 N–H and O–H groups in total. The second-order valence-corrected chi connectivity index (χ2v) is 4.39. The van der Waals surface area contributed by atoms with Gasteiger partial charge in [-0.05, 0) is 19.3 Å². The van der Waals surface area contributed by atoms with E-state index in [1.807, 2.05) is 6.92 Å². The molecule has 0 aliphatic rings. The van der Waals surface area contributed by atoms with Crippen molar-refractivity contribution in [3.05, 3.63) is 0 Å². The predicted molar refractivity (Wildman–Crippen MR) is 64.4 cm³/mol. The number of hydrogen-bond acceptors (Lipinski definition) is 3. The Morgan fingerprint density at radius 1 is 1.31 bits per heavy atom. The van der Waals surface area contributed by atoms with Crippen molar-refractivity contribution < 1.29 is 15.0 Å². The topological polar surface area (TPSA) is 69.6 Å². The molecule has 0 aromatic carbocycles. The molecule has 16 heavy (non-hydrogen) atoms. The minimum atomic E-state index is -0.769. The Morgan fingerprint density at radius 3 is 2.31 bits per heavy atom. The van der Waals surface area contributed by atoms with E-state index in [-0.39, 0.29) is 18.6 Å². The third-order valence-electron chi connectivity index (χ3n) is 3.06. The Hall–Kier alpha value is -0.610. The Balaban J connectivity index is 3.73. The highest BCUT2D eigenvalue weighted by atomic mass is 16.4. The lowest BCUT2D eigenvalue weighted by molar-refractivity contribution is -0.137. The van der Waals surface area contributed by atoms with Crippen molar-refractivity contribution in [2.75, 3.05) is 6.54 Å². The standard InChI is InChI=1S/C12H25NO3/c1-4-10(5-2)11(14)8-13-9(3)6-7-12(15)16/h9-11,13-14H,4-8H2,1-3H3,(H,15,16). The summed E-state index contributed by atoms with van der Waals surface area (Å²) in [6, 6.07) is 0.139. The molecule has 0 amide bonds. The van der Waals surface area contributed by atoms with Crippen LogP contribution in [-0.2, 0) is 4.79 Å². The molecule has 0 saturated heterocycles. The molecule has 4 heteroatoms. The third kappa shape index (κ3) is 6.80. The third-order valence-corrected chi connectivity index (χ3v) is 3.06. The van der Waals surface area contributed by atoms with Crippen LogP contribution >= 0.6 is 0 Å². The predicted octanol–water partition coefficient (Wildman–Crippen LogP) is 1.63. The van der Waals surface area contributed by atoms with Gasteiger partial charge < -0.3 is 15.5 Å². The molecule has 0 heterocycles. The largest absolute Gasteiger partial charge is 0.481 e. The first-order valence-electron chi connectivity index (χ1n) is 6.14. The van der Waals surface area contributed by atoms with E-state index in [4.69, 9.17) is 5.11 Å². The lowest BCUT2D eigenvalue weighted by atomic mass is 9.96. The number of aliphatic hydroxyl groups is 1. The zero-order valence-electron chi connectivity index (χ0n) is 10.6. The summed E-state index contributed by atoms with van der Waals surface area (Å²) in [5.74, 6) is -0.437. The average Bonchev–Trinajstić information content (AvgIpc) is 2.25. The highest BCUT2D eigenvalue weighted by Crippen LogP contribution is 2.12. The van der Waals surface area contributed by atoms with Gasteiger partial charge in [0.1, 0.15) is 0 Å². The SMILES string of the molecule is CCC(CC)C(O)CNC(C)CCC(=O)O. The summed E-state index contributed by atoms with van der Waals surface area (Å²) in [5, 5.41) is 21.6. The van der Waals surface area contributed by atoms with Crippen LogP contribution in [0.15, 0.2) is 0 Å². The van der Waals surface area contributed by atoms with Crippen molar-refractivity contribution in [1.82, 2.24) is 5.32 Å². The lowest BCUT2D eigenvalue weighted by Crippen LogP contribution is -2.37. The van der Waals surface area contributed by atoms with Crippen LogP contribution in [0.5, 0.6) is 0 Å². The summed E-state index contributed by atoms with van der Waals surface area (Å²) in [6.45, 7) is 6.65. The first kappa shape index (κ1) is 15.4. The molecule has 4 nitrogen and oxygen atoms in total. The molecule has 0 aromatic rings. The van der Waals surface area contributed by atoms with Gasteiger partial charge in [0.25, 0.3) is 0 Å². The van der Waals surface area contributed by atoms with E-state index in [0.29, 0.717) is 18.9 Å². The van der Waals surface area contributed by atoms with E-state index in [1.165, 1.54) is 0 Å². The minimum Gasteiger partial charge on any atom is -0.481 e. The molecule has 0 radical (unpaired) electrons. The fraction of sp³-hybridized carbons (Fsp3) is 0.917. The summed E-state index contributed by atoms with van der Waals surface area (Å²) in [6.07, 6.45) is 2.40. The fourth-order valence-corrected chi connectivity index (χ4v) is 1.76. The summed E-state index contributed by atoms with van der Waals surface area (Å²) in [7, 11) is 0. The Morgan fingerprint density at radius 2 is 1.88 bits per heavy atom. The van der Waals surface area contributed by atoms with Gasteiger partial charge in [0.2, 0.25) is 0 Å². The summed E-state index contributed by atoms with van der Waals surface area (Å²) in [5.41, 5.74) is 0. The van der Waals surface area contributed by atoms with E-state index >= 15 is 0 Å². The zero-order chi connectivity index (χ0) is 12.6. The summed E-state index contributed by atoms with van der Waals surface area (Å²) >= 11 is 0. The molecular weight excluding hydrogens is 206 g/mol. The van der Waals surface area contributed by atoms with Gasteiger partial charge in [0, 0.05) is 19.0 Å². The van der Waals surface area contributed by atoms with Gasteiger partial charge >= 0.3 is 5.97 Å². The smallest absolute Gasteiger partial charge is 0.303 e. The van der Waals surface area contributed by atoms with Gasteiger partial charge in [-0.25, -0.2) is 0 Å². The van der Waals surface area contributed by atoms with Crippen molar-refractivity contribution in [3.63, 3.8) is 0 Å². The zero-order valence-corrected chi connectivity index (χ0v) is 10.6. The van der Waals surface area contributed by atoms with Gasteiger partial charge in [-0.2, -0.15) is 0 Å². The van der Waals surface area contributed by atoms with Crippen LogP contribution in [0.2, 0.25) is 0 Å². The number of hydrogen-bond donors (Lipinski definition) is 3. The average molecular weight is 231 g/mol. The van der Waals surface area contributed by atoms with Gasteiger partial charge in [0.05, 0.1) is 6.10 Å². The monoisotopic (exact) mass is 231 g/mol. The lowest BCUT2D eigenvalue weighted by Gasteiger charge is -2.22. The Kier molecular flexibility index (Phi) is 8.21. The first-order valence-corrected chi connectivity index (χ1v) is 6.14. The maximum atomic E-state index is 10.4. The number of carboxylic acids is 1. The fourth-order valence-electron chi connectivity index (χ4n) is 1.76. The van der Waals surface area contributed by atoms with Crippen LogP contribution < -0.4 is 5.32 Å². The number of aliphatic hydroxyl groups excluding tert-OH is 1. The highest BCUT2D eigenvalue weighted by molar-refractivity contribution is 5.66. The molecule has 2 atom stereocenters. The highest BCUT2D eigenvalue weighted by Gasteiger charge is 2.16. The Labute approximate surface area is 98.1 Å². The van der Waals surface area contributed by atoms with E-state index in [0.717, 1.165) is 12.8 Å². The summed E-state index contributed by atoms with van der Waals surface area (Å²) in [4.78, 5) is 10.4. The molecule has 0 spiro atoms. The molecule has 2 unspecified atom stereocenters. The van der Waals surface area contributed by atoms with Gasteiger partial charge in [-0.3, -0.25) is 4.79 Å². The number of carbonyl (C=O) groups is 1. The van der Waals surface area contributed by atoms with Gasteiger partial charge in [-0.1, -0.05) is 26.7 Å². The van der Waals surface area contributed by atoms with E-state index < -0.39 is 5.97 Å². The Bertz CT molecular complexity index is 193. The molecule has 0 aromatic heterocycles. The minimum absolute atomic E-state index is 0.139. The van der Waals surface area contributed by atoms with Crippen LogP contribution in [0, 0.1) is 5.92 Å². The van der Waals surface area contributed by atoms with Crippen LogP contribution in [0.3, 0.4) is 0 Å². The van der Waals surface area contributed by atoms with E-state index in [9.17, 15) is 9.90 Å². The van der Waals surface area contributed by atoms with Gasteiger partial charge in [0.15, 0.2) is 0 Å².